The van der Waals surface area contributed by atoms with E-state index in [1.54, 1.807) is 40.1 Å². The maximum absolute atomic E-state index is 12.8. The maximum Gasteiger partial charge on any atom is 0.267 e. The van der Waals surface area contributed by atoms with E-state index in [4.69, 9.17) is 18.9 Å². The molecule has 172 valence electrons. The Kier molecular flexibility index (Phi) is 5.64. The normalized spacial score (nSPS) is 18.6. The van der Waals surface area contributed by atoms with Gasteiger partial charge in [0, 0.05) is 31.7 Å². The lowest BCUT2D eigenvalue weighted by Crippen LogP contribution is -2.56. The van der Waals surface area contributed by atoms with Gasteiger partial charge in [-0.05, 0) is 30.3 Å². The number of rotatable bonds is 4. The molecule has 1 atom stereocenters. The number of benzene rings is 2. The molecule has 0 spiro atoms. The largest absolute Gasteiger partial charge is 0.485 e. The van der Waals surface area contributed by atoms with E-state index >= 15 is 0 Å². The third kappa shape index (κ3) is 4.36. The molecular formula is C23H23N3O7. The Hall–Kier alpha value is -3.95. The molecule has 10 heteroatoms. The molecule has 0 radical (unpaired) electrons. The average Bonchev–Trinajstić information content (AvgIpc) is 3.34. The van der Waals surface area contributed by atoms with Crippen molar-refractivity contribution in [2.24, 2.45) is 0 Å². The second-order valence-corrected chi connectivity index (χ2v) is 7.82. The summed E-state index contributed by atoms with van der Waals surface area (Å²) in [6.07, 6.45) is -0.705. The first-order valence-corrected chi connectivity index (χ1v) is 10.7. The molecular weight excluding hydrogens is 430 g/mol. The van der Waals surface area contributed by atoms with E-state index in [9.17, 15) is 14.4 Å². The van der Waals surface area contributed by atoms with Crippen LogP contribution in [0.3, 0.4) is 0 Å². The van der Waals surface area contributed by atoms with E-state index in [-0.39, 0.29) is 37.7 Å². The smallest absolute Gasteiger partial charge is 0.267 e. The molecule has 5 rings (SSSR count). The highest BCUT2D eigenvalue weighted by Gasteiger charge is 2.33. The number of hydrogen-bond acceptors (Lipinski definition) is 7. The molecule has 0 bridgehead atoms. The Bertz CT molecular complexity index is 1080. The van der Waals surface area contributed by atoms with Gasteiger partial charge in [0.1, 0.15) is 6.61 Å². The molecule has 0 unspecified atom stereocenters. The molecule has 3 aliphatic heterocycles. The lowest BCUT2D eigenvalue weighted by Gasteiger charge is -2.37. The number of fused-ring (bicyclic) bond motifs is 2. The van der Waals surface area contributed by atoms with Crippen LogP contribution in [0.25, 0.3) is 0 Å². The van der Waals surface area contributed by atoms with Gasteiger partial charge >= 0.3 is 0 Å². The van der Waals surface area contributed by atoms with Crippen LogP contribution in [-0.2, 0) is 9.59 Å². The van der Waals surface area contributed by atoms with Crippen molar-refractivity contribution in [1.82, 2.24) is 15.1 Å². The fourth-order valence-electron chi connectivity index (χ4n) is 3.93. The van der Waals surface area contributed by atoms with Gasteiger partial charge in [0.15, 0.2) is 23.0 Å². The van der Waals surface area contributed by atoms with Gasteiger partial charge in [-0.1, -0.05) is 12.1 Å². The number of nitrogens with one attached hydrogen (secondary N) is 1. The molecule has 1 N–H and O–H groups in total. The van der Waals surface area contributed by atoms with Gasteiger partial charge in [-0.3, -0.25) is 14.4 Å². The highest BCUT2D eigenvalue weighted by atomic mass is 16.7. The van der Waals surface area contributed by atoms with E-state index in [1.807, 2.05) is 12.1 Å². The zero-order valence-electron chi connectivity index (χ0n) is 17.8. The zero-order chi connectivity index (χ0) is 22.8. The van der Waals surface area contributed by atoms with Crippen molar-refractivity contribution >= 4 is 17.7 Å². The number of para-hydroxylation sites is 2. The van der Waals surface area contributed by atoms with Crippen molar-refractivity contribution in [1.29, 1.82) is 0 Å². The van der Waals surface area contributed by atoms with Gasteiger partial charge in [-0.2, -0.15) is 0 Å². The highest BCUT2D eigenvalue weighted by Crippen LogP contribution is 2.33. The summed E-state index contributed by atoms with van der Waals surface area (Å²) < 4.78 is 21.9. The summed E-state index contributed by atoms with van der Waals surface area (Å²) in [7, 11) is 0. The number of carbonyl (C=O) groups is 3. The molecule has 0 aliphatic carbocycles. The summed E-state index contributed by atoms with van der Waals surface area (Å²) in [5.41, 5.74) is 0.388. The van der Waals surface area contributed by atoms with Crippen molar-refractivity contribution in [3.63, 3.8) is 0 Å². The summed E-state index contributed by atoms with van der Waals surface area (Å²) >= 11 is 0. The van der Waals surface area contributed by atoms with E-state index < -0.39 is 6.10 Å². The Balaban J connectivity index is 1.09. The molecule has 10 nitrogen and oxygen atoms in total. The number of carbonyl (C=O) groups excluding carboxylic acids is 3. The standard InChI is InChI=1S/C23H23N3O7/c27-21(12-24-22(28)15-5-6-17-19(11-15)32-14-31-17)25-7-9-26(10-8-25)23(29)20-13-30-16-3-1-2-4-18(16)33-20/h1-6,11,20H,7-10,12-14H2,(H,24,28)/t20-/m1/s1. The van der Waals surface area contributed by atoms with Crippen LogP contribution in [0.15, 0.2) is 42.5 Å². The minimum atomic E-state index is -0.705. The third-order valence-electron chi connectivity index (χ3n) is 5.76. The van der Waals surface area contributed by atoms with Crippen molar-refractivity contribution in [3.8, 4) is 23.0 Å². The SMILES string of the molecule is O=C(NCC(=O)N1CCN(C(=O)[C@H]2COc3ccccc3O2)CC1)c1ccc2c(c1)OCO2. The number of piperazine rings is 1. The molecule has 33 heavy (non-hydrogen) atoms. The minimum Gasteiger partial charge on any atom is -0.485 e. The molecule has 1 fully saturated rings. The summed E-state index contributed by atoms with van der Waals surface area (Å²) in [6, 6.07) is 12.1. The van der Waals surface area contributed by atoms with Crippen LogP contribution in [0.4, 0.5) is 0 Å². The van der Waals surface area contributed by atoms with Gasteiger partial charge < -0.3 is 34.1 Å². The van der Waals surface area contributed by atoms with Crippen LogP contribution < -0.4 is 24.3 Å². The average molecular weight is 453 g/mol. The Morgan fingerprint density at radius 3 is 2.36 bits per heavy atom. The summed E-state index contributed by atoms with van der Waals surface area (Å²) in [6.45, 7) is 1.70. The van der Waals surface area contributed by atoms with Gasteiger partial charge in [0.05, 0.1) is 6.54 Å². The Morgan fingerprint density at radius 2 is 1.55 bits per heavy atom. The number of hydrogen-bond donors (Lipinski definition) is 1. The van der Waals surface area contributed by atoms with Gasteiger partial charge in [-0.15, -0.1) is 0 Å². The fraction of sp³-hybridized carbons (Fsp3) is 0.348. The third-order valence-corrected chi connectivity index (χ3v) is 5.76. The van der Waals surface area contributed by atoms with Crippen molar-refractivity contribution in [3.05, 3.63) is 48.0 Å². The molecule has 2 aromatic rings. The van der Waals surface area contributed by atoms with E-state index in [1.165, 1.54) is 0 Å². The van der Waals surface area contributed by atoms with Crippen molar-refractivity contribution in [2.45, 2.75) is 6.10 Å². The number of ether oxygens (including phenoxy) is 4. The fourth-order valence-corrected chi connectivity index (χ4v) is 3.93. The van der Waals surface area contributed by atoms with Crippen LogP contribution in [0.2, 0.25) is 0 Å². The second kappa shape index (κ2) is 8.89. The van der Waals surface area contributed by atoms with Gasteiger partial charge in [-0.25, -0.2) is 0 Å². The first-order chi connectivity index (χ1) is 16.1. The molecule has 3 aliphatic rings. The number of amides is 3. The van der Waals surface area contributed by atoms with Gasteiger partial charge in [0.25, 0.3) is 11.8 Å². The highest BCUT2D eigenvalue weighted by molar-refractivity contribution is 5.97. The topological polar surface area (TPSA) is 107 Å². The molecule has 0 aromatic heterocycles. The van der Waals surface area contributed by atoms with Crippen LogP contribution in [0.1, 0.15) is 10.4 Å². The van der Waals surface area contributed by atoms with E-state index in [0.717, 1.165) is 0 Å². The Labute approximate surface area is 189 Å². The first kappa shape index (κ1) is 20.9. The molecule has 1 saturated heterocycles. The second-order valence-electron chi connectivity index (χ2n) is 7.82. The lowest BCUT2D eigenvalue weighted by atomic mass is 10.2. The monoisotopic (exact) mass is 453 g/mol. The van der Waals surface area contributed by atoms with Crippen LogP contribution >= 0.6 is 0 Å². The molecule has 2 aromatic carbocycles. The van der Waals surface area contributed by atoms with Gasteiger partial charge in [0.2, 0.25) is 18.8 Å². The summed E-state index contributed by atoms with van der Waals surface area (Å²) in [4.78, 5) is 41.1. The Morgan fingerprint density at radius 1 is 0.848 bits per heavy atom. The predicted molar refractivity (Wildman–Crippen MR) is 114 cm³/mol. The number of nitrogens with zero attached hydrogens (tertiary/aromatic N) is 2. The van der Waals surface area contributed by atoms with E-state index in [2.05, 4.69) is 5.32 Å². The van der Waals surface area contributed by atoms with Crippen LogP contribution in [0, 0.1) is 0 Å². The molecule has 3 amide bonds. The van der Waals surface area contributed by atoms with Crippen molar-refractivity contribution in [2.75, 3.05) is 46.1 Å². The maximum atomic E-state index is 12.8. The van der Waals surface area contributed by atoms with Crippen LogP contribution in [-0.4, -0.2) is 79.7 Å². The minimum absolute atomic E-state index is 0.126. The van der Waals surface area contributed by atoms with E-state index in [0.29, 0.717) is 54.7 Å². The molecule has 3 heterocycles. The predicted octanol–water partition coefficient (Wildman–Crippen LogP) is 0.656. The summed E-state index contributed by atoms with van der Waals surface area (Å²) in [5.74, 6) is 1.53. The first-order valence-electron chi connectivity index (χ1n) is 10.7. The lowest BCUT2D eigenvalue weighted by molar-refractivity contribution is -0.146. The van der Waals surface area contributed by atoms with Crippen molar-refractivity contribution < 1.29 is 33.3 Å². The quantitative estimate of drug-likeness (QED) is 0.725. The van der Waals surface area contributed by atoms with Crippen LogP contribution in [0.5, 0.6) is 23.0 Å². The summed E-state index contributed by atoms with van der Waals surface area (Å²) in [5, 5.41) is 2.64. The molecule has 0 saturated carbocycles. The zero-order valence-corrected chi connectivity index (χ0v) is 17.8.